The minimum absolute atomic E-state index is 0.0680. The number of carboxylic acid groups (broad SMARTS) is 3. The SMILES string of the molecule is N#CSCCCOc1ccc(C(=O)CN2CCN(CC(=O)O)CCN(CC(=O)O)CCN(CC(=O)O)CC2)cc1. The number of thiocyanates is 1. The second kappa shape index (κ2) is 18.2. The van der Waals surface area contributed by atoms with Crippen molar-refractivity contribution in [3.63, 3.8) is 0 Å². The van der Waals surface area contributed by atoms with Gasteiger partial charge in [0.2, 0.25) is 0 Å². The Bertz CT molecular complexity index is 987. The molecular weight excluding hydrogens is 542 g/mol. The highest BCUT2D eigenvalue weighted by Crippen LogP contribution is 2.14. The second-order valence-electron chi connectivity index (χ2n) is 9.38. The van der Waals surface area contributed by atoms with Gasteiger partial charge in [-0.05, 0) is 42.4 Å². The Morgan fingerprint density at radius 2 is 1.12 bits per heavy atom. The summed E-state index contributed by atoms with van der Waals surface area (Å²) in [5.74, 6) is -1.85. The van der Waals surface area contributed by atoms with E-state index in [4.69, 9.17) is 10.00 Å². The maximum absolute atomic E-state index is 13.1. The zero-order valence-electron chi connectivity index (χ0n) is 22.4. The van der Waals surface area contributed by atoms with Gasteiger partial charge in [0.1, 0.15) is 11.2 Å². The zero-order valence-corrected chi connectivity index (χ0v) is 23.3. The largest absolute Gasteiger partial charge is 0.494 e. The second-order valence-corrected chi connectivity index (χ2v) is 10.3. The van der Waals surface area contributed by atoms with Crippen molar-refractivity contribution >= 4 is 35.5 Å². The van der Waals surface area contributed by atoms with Crippen molar-refractivity contribution < 1.29 is 39.2 Å². The van der Waals surface area contributed by atoms with Gasteiger partial charge in [0.25, 0.3) is 0 Å². The molecule has 0 atom stereocenters. The monoisotopic (exact) mass is 579 g/mol. The van der Waals surface area contributed by atoms with E-state index in [1.807, 2.05) is 10.3 Å². The number of thioether (sulfide) groups is 1. The lowest BCUT2D eigenvalue weighted by atomic mass is 10.1. The fourth-order valence-corrected chi connectivity index (χ4v) is 4.54. The molecule has 1 saturated heterocycles. The Morgan fingerprint density at radius 1 is 0.725 bits per heavy atom. The van der Waals surface area contributed by atoms with Crippen LogP contribution in [0.2, 0.25) is 0 Å². The van der Waals surface area contributed by atoms with E-state index in [0.717, 1.165) is 6.42 Å². The molecule has 1 heterocycles. The van der Waals surface area contributed by atoms with Crippen molar-refractivity contribution in [3.8, 4) is 11.2 Å². The van der Waals surface area contributed by atoms with Crippen LogP contribution in [0.15, 0.2) is 24.3 Å². The summed E-state index contributed by atoms with van der Waals surface area (Å²) < 4.78 is 5.64. The van der Waals surface area contributed by atoms with Crippen LogP contribution in [0.3, 0.4) is 0 Å². The summed E-state index contributed by atoms with van der Waals surface area (Å²) in [5.41, 5.74) is 0.493. The first kappa shape index (κ1) is 33.0. The van der Waals surface area contributed by atoms with E-state index in [1.165, 1.54) is 11.8 Å². The molecule has 1 aromatic carbocycles. The molecule has 13 nitrogen and oxygen atoms in total. The van der Waals surface area contributed by atoms with Crippen molar-refractivity contribution in [3.05, 3.63) is 29.8 Å². The summed E-state index contributed by atoms with van der Waals surface area (Å²) >= 11 is 1.17. The Hall–Kier alpha value is -3.22. The molecule has 0 saturated carbocycles. The topological polar surface area (TPSA) is 175 Å². The van der Waals surface area contributed by atoms with Gasteiger partial charge in [0, 0.05) is 63.7 Å². The number of carbonyl (C=O) groups is 4. The number of ether oxygens (including phenoxy) is 1. The summed E-state index contributed by atoms with van der Waals surface area (Å²) in [6, 6.07) is 6.80. The van der Waals surface area contributed by atoms with Crippen LogP contribution in [0, 0.1) is 10.7 Å². The average molecular weight is 580 g/mol. The maximum Gasteiger partial charge on any atom is 0.317 e. The number of carbonyl (C=O) groups excluding carboxylic acids is 1. The van der Waals surface area contributed by atoms with Crippen LogP contribution < -0.4 is 4.74 Å². The molecule has 14 heteroatoms. The third-order valence-electron chi connectivity index (χ3n) is 6.27. The summed E-state index contributed by atoms with van der Waals surface area (Å²) in [5, 5.41) is 38.5. The minimum Gasteiger partial charge on any atom is -0.494 e. The van der Waals surface area contributed by atoms with Crippen molar-refractivity contribution in [1.29, 1.82) is 5.26 Å². The molecule has 220 valence electrons. The third kappa shape index (κ3) is 13.7. The molecule has 0 aromatic heterocycles. The quantitative estimate of drug-likeness (QED) is 0.156. The van der Waals surface area contributed by atoms with Gasteiger partial charge < -0.3 is 20.1 Å². The first-order chi connectivity index (χ1) is 19.2. The Labute approximate surface area is 237 Å². The maximum atomic E-state index is 13.1. The van der Waals surface area contributed by atoms with E-state index >= 15 is 0 Å². The number of hydrogen-bond donors (Lipinski definition) is 3. The number of nitriles is 1. The molecule has 0 unspecified atom stereocenters. The smallest absolute Gasteiger partial charge is 0.317 e. The van der Waals surface area contributed by atoms with Crippen LogP contribution >= 0.6 is 11.8 Å². The molecule has 3 N–H and O–H groups in total. The molecule has 0 spiro atoms. The number of Topliss-reactive ketones (excluding diaryl/α,β-unsaturated/α-hetero) is 1. The first-order valence-electron chi connectivity index (χ1n) is 13.0. The molecule has 1 aliphatic heterocycles. The van der Waals surface area contributed by atoms with Gasteiger partial charge in [-0.1, -0.05) is 0 Å². The summed E-state index contributed by atoms with van der Waals surface area (Å²) in [6.07, 6.45) is 0.725. The molecule has 2 rings (SSSR count). The van der Waals surface area contributed by atoms with Gasteiger partial charge in [0.05, 0.1) is 32.8 Å². The molecule has 1 aliphatic rings. The lowest BCUT2D eigenvalue weighted by molar-refractivity contribution is -0.140. The van der Waals surface area contributed by atoms with Crippen LogP contribution in [-0.2, 0) is 14.4 Å². The molecular formula is C26H37N5O8S. The van der Waals surface area contributed by atoms with Gasteiger partial charge >= 0.3 is 17.9 Å². The molecule has 0 aliphatic carbocycles. The molecule has 0 radical (unpaired) electrons. The predicted octanol–water partition coefficient (Wildman–Crippen LogP) is 0.328. The fourth-order valence-electron chi connectivity index (χ4n) is 4.18. The van der Waals surface area contributed by atoms with Crippen molar-refractivity contribution in [2.45, 2.75) is 6.42 Å². The molecule has 1 aromatic rings. The number of nitrogens with zero attached hydrogens (tertiary/aromatic N) is 5. The highest BCUT2D eigenvalue weighted by atomic mass is 32.2. The molecule has 0 amide bonds. The minimum atomic E-state index is -1.01. The first-order valence-corrected chi connectivity index (χ1v) is 14.0. The molecule has 1 fully saturated rings. The van der Waals surface area contributed by atoms with Gasteiger partial charge in [-0.3, -0.25) is 38.8 Å². The van der Waals surface area contributed by atoms with Crippen LogP contribution in [0.1, 0.15) is 16.8 Å². The lowest BCUT2D eigenvalue weighted by Crippen LogP contribution is -2.49. The van der Waals surface area contributed by atoms with Crippen molar-refractivity contribution in [2.75, 3.05) is 90.9 Å². The number of hydrogen-bond acceptors (Lipinski definition) is 11. The van der Waals surface area contributed by atoms with E-state index < -0.39 is 17.9 Å². The Balaban J connectivity index is 2.08. The third-order valence-corrected chi connectivity index (χ3v) is 6.90. The Morgan fingerprint density at radius 3 is 1.50 bits per heavy atom. The fraction of sp³-hybridized carbons (Fsp3) is 0.577. The molecule has 0 bridgehead atoms. The van der Waals surface area contributed by atoms with E-state index in [9.17, 15) is 34.5 Å². The van der Waals surface area contributed by atoms with Gasteiger partial charge in [0.15, 0.2) is 5.78 Å². The number of rotatable bonds is 14. The van der Waals surface area contributed by atoms with E-state index in [-0.39, 0.29) is 32.0 Å². The normalized spacial score (nSPS) is 16.8. The van der Waals surface area contributed by atoms with Crippen LogP contribution in [0.25, 0.3) is 0 Å². The highest BCUT2D eigenvalue weighted by Gasteiger charge is 2.21. The van der Waals surface area contributed by atoms with Crippen LogP contribution in [0.5, 0.6) is 5.75 Å². The summed E-state index contributed by atoms with van der Waals surface area (Å²) in [7, 11) is 0. The van der Waals surface area contributed by atoms with E-state index in [2.05, 4.69) is 0 Å². The van der Waals surface area contributed by atoms with E-state index in [0.29, 0.717) is 76.0 Å². The van der Waals surface area contributed by atoms with Crippen molar-refractivity contribution in [2.24, 2.45) is 0 Å². The summed E-state index contributed by atoms with van der Waals surface area (Å²) in [4.78, 5) is 54.3. The number of carboxylic acids is 3. The standard InChI is InChI=1S/C26H37N5O8S/c27-20-40-15-1-14-39-22-4-2-21(3-5-22)23(32)16-28-6-8-29(17-24(33)34)10-12-31(19-26(37)38)13-11-30(9-7-28)18-25(35)36/h2-5H,1,6-19H2,(H,33,34)(H,35,36)(H,37,38). The number of ketones is 1. The zero-order chi connectivity index (χ0) is 29.3. The Kier molecular flexibility index (Phi) is 15.0. The van der Waals surface area contributed by atoms with Gasteiger partial charge in [-0.15, -0.1) is 0 Å². The average Bonchev–Trinajstić information content (AvgIpc) is 2.89. The van der Waals surface area contributed by atoms with Gasteiger partial charge in [-0.25, -0.2) is 0 Å². The predicted molar refractivity (Wildman–Crippen MR) is 148 cm³/mol. The molecule has 40 heavy (non-hydrogen) atoms. The number of benzene rings is 1. The van der Waals surface area contributed by atoms with Crippen LogP contribution in [0.4, 0.5) is 0 Å². The van der Waals surface area contributed by atoms with Gasteiger partial charge in [-0.2, -0.15) is 5.26 Å². The summed E-state index contributed by atoms with van der Waals surface area (Å²) in [6.45, 7) is 2.56. The van der Waals surface area contributed by atoms with Crippen molar-refractivity contribution in [1.82, 2.24) is 19.6 Å². The number of aliphatic carboxylic acids is 3. The highest BCUT2D eigenvalue weighted by molar-refractivity contribution is 8.03. The van der Waals surface area contributed by atoms with Crippen LogP contribution in [-0.4, -0.2) is 150 Å². The van der Waals surface area contributed by atoms with E-state index in [1.54, 1.807) is 39.0 Å². The lowest BCUT2D eigenvalue weighted by Gasteiger charge is -2.32.